The van der Waals surface area contributed by atoms with Gasteiger partial charge < -0.3 is 34.2 Å². The molecule has 1 saturated heterocycles. The number of hydrogen-bond donors (Lipinski definition) is 4. The van der Waals surface area contributed by atoms with Crippen LogP contribution in [0.3, 0.4) is 0 Å². The number of aliphatic hydroxyl groups is 2. The lowest BCUT2D eigenvalue weighted by atomic mass is 10.1. The van der Waals surface area contributed by atoms with Gasteiger partial charge in [0.15, 0.2) is 11.9 Å². The monoisotopic (exact) mass is 451 g/mol. The summed E-state index contributed by atoms with van der Waals surface area (Å²) in [6.07, 6.45) is -3.88. The van der Waals surface area contributed by atoms with Gasteiger partial charge >= 0.3 is 13.6 Å². The van der Waals surface area contributed by atoms with E-state index in [1.807, 2.05) is 0 Å². The van der Waals surface area contributed by atoms with Crippen LogP contribution in [0.25, 0.3) is 11.2 Å². The summed E-state index contributed by atoms with van der Waals surface area (Å²) in [4.78, 5) is 38.6. The molecule has 1 fully saturated rings. The van der Waals surface area contributed by atoms with Gasteiger partial charge in [-0.15, -0.1) is 0 Å². The molecular formula is C15H19ClN3O9P. The predicted molar refractivity (Wildman–Crippen MR) is 96.9 cm³/mol. The van der Waals surface area contributed by atoms with Crippen LogP contribution in [-0.4, -0.2) is 77.9 Å². The number of carbonyl (C=O) groups excluding carboxylic acids is 1. The fourth-order valence-electron chi connectivity index (χ4n) is 2.87. The first kappa shape index (κ1) is 22.1. The van der Waals surface area contributed by atoms with Crippen molar-refractivity contribution in [3.63, 3.8) is 0 Å². The van der Waals surface area contributed by atoms with Gasteiger partial charge in [0.25, 0.3) is 5.85 Å². The summed E-state index contributed by atoms with van der Waals surface area (Å²) in [6, 6.07) is 3.15. The lowest BCUT2D eigenvalue weighted by Gasteiger charge is -2.20. The molecule has 2 aromatic heterocycles. The number of imidazole rings is 1. The van der Waals surface area contributed by atoms with Crippen LogP contribution in [0.4, 0.5) is 0 Å². The molecule has 3 heterocycles. The second-order valence-corrected chi connectivity index (χ2v) is 8.24. The van der Waals surface area contributed by atoms with Crippen molar-refractivity contribution in [3.05, 3.63) is 23.6 Å². The number of halogens is 1. The molecule has 1 aliphatic heterocycles. The molecule has 0 spiro atoms. The number of rotatable bonds is 7. The molecular weight excluding hydrogens is 433 g/mol. The molecule has 5 unspecified atom stereocenters. The zero-order valence-electron chi connectivity index (χ0n) is 15.0. The molecule has 0 radical (unpaired) electrons. The van der Waals surface area contributed by atoms with Crippen LogP contribution >= 0.6 is 19.2 Å². The molecule has 0 aromatic carbocycles. The van der Waals surface area contributed by atoms with Crippen molar-refractivity contribution in [2.45, 2.75) is 37.3 Å². The summed E-state index contributed by atoms with van der Waals surface area (Å²) in [5.41, 5.74) is 0.776. The molecule has 2 aromatic rings. The zero-order chi connectivity index (χ0) is 21.3. The van der Waals surface area contributed by atoms with Crippen LogP contribution < -0.4 is 0 Å². The number of ether oxygens (including phenoxy) is 3. The Hall–Kier alpha value is -1.63. The van der Waals surface area contributed by atoms with E-state index in [0.717, 1.165) is 0 Å². The van der Waals surface area contributed by atoms with E-state index in [-0.39, 0.29) is 11.8 Å². The minimum atomic E-state index is -4.99. The van der Waals surface area contributed by atoms with Gasteiger partial charge in [0.05, 0.1) is 19.5 Å². The van der Waals surface area contributed by atoms with Gasteiger partial charge in [0.2, 0.25) is 0 Å². The Morgan fingerprint density at radius 1 is 1.38 bits per heavy atom. The summed E-state index contributed by atoms with van der Waals surface area (Å²) in [7, 11) is -4.99. The number of pyridine rings is 1. The third-order valence-corrected chi connectivity index (χ3v) is 5.39. The molecule has 0 saturated carbocycles. The fourth-order valence-corrected chi connectivity index (χ4v) is 3.65. The van der Waals surface area contributed by atoms with Crippen molar-refractivity contribution < 1.29 is 43.6 Å². The van der Waals surface area contributed by atoms with Crippen LogP contribution in [0.2, 0.25) is 5.15 Å². The van der Waals surface area contributed by atoms with Crippen molar-refractivity contribution in [2.24, 2.45) is 0 Å². The first-order chi connectivity index (χ1) is 13.6. The highest BCUT2D eigenvalue weighted by atomic mass is 35.5. The van der Waals surface area contributed by atoms with E-state index in [1.54, 1.807) is 6.07 Å². The van der Waals surface area contributed by atoms with Crippen molar-refractivity contribution in [1.82, 2.24) is 14.5 Å². The molecule has 0 aliphatic carbocycles. The highest BCUT2D eigenvalue weighted by Crippen LogP contribution is 2.43. The Bertz CT molecular complexity index is 935. The average Bonchev–Trinajstić information content (AvgIpc) is 3.16. The lowest BCUT2D eigenvalue weighted by Crippen LogP contribution is -2.36. The molecule has 12 nitrogen and oxygen atoms in total. The Morgan fingerprint density at radius 2 is 2.10 bits per heavy atom. The minimum absolute atomic E-state index is 0.106. The molecule has 29 heavy (non-hydrogen) atoms. The molecule has 3 rings (SSSR count). The van der Waals surface area contributed by atoms with Crippen molar-refractivity contribution in [1.29, 1.82) is 0 Å². The maximum atomic E-state index is 11.7. The number of carbonyl (C=O) groups is 1. The summed E-state index contributed by atoms with van der Waals surface area (Å²) in [5.74, 6) is -3.42. The summed E-state index contributed by atoms with van der Waals surface area (Å²) >= 11 is 5.89. The van der Waals surface area contributed by atoms with Gasteiger partial charge in [-0.05, 0) is 19.1 Å². The van der Waals surface area contributed by atoms with Crippen molar-refractivity contribution >= 4 is 36.3 Å². The maximum Gasteiger partial charge on any atom is 0.365 e. The Morgan fingerprint density at radius 3 is 2.76 bits per heavy atom. The van der Waals surface area contributed by atoms with E-state index < -0.39 is 50.6 Å². The third-order valence-electron chi connectivity index (χ3n) is 4.21. The second kappa shape index (κ2) is 8.62. The van der Waals surface area contributed by atoms with Crippen LogP contribution in [0, 0.1) is 0 Å². The summed E-state index contributed by atoms with van der Waals surface area (Å²) in [5, 5.41) is 20.8. The number of aliphatic hydroxyl groups excluding tert-OH is 2. The molecule has 0 bridgehead atoms. The van der Waals surface area contributed by atoms with E-state index in [9.17, 15) is 29.4 Å². The van der Waals surface area contributed by atoms with E-state index in [2.05, 4.69) is 14.7 Å². The molecule has 1 aliphatic rings. The fraction of sp³-hybridized carbons (Fsp3) is 0.533. The highest BCUT2D eigenvalue weighted by molar-refractivity contribution is 7.53. The first-order valence-electron chi connectivity index (χ1n) is 8.47. The van der Waals surface area contributed by atoms with E-state index in [1.165, 1.54) is 23.9 Å². The first-order valence-corrected chi connectivity index (χ1v) is 10.5. The molecule has 160 valence electrons. The Kier molecular flexibility index (Phi) is 6.56. The zero-order valence-corrected chi connectivity index (χ0v) is 16.7. The lowest BCUT2D eigenvalue weighted by molar-refractivity contribution is -0.155. The third kappa shape index (κ3) is 4.60. The van der Waals surface area contributed by atoms with Gasteiger partial charge in [-0.25, -0.2) is 14.8 Å². The van der Waals surface area contributed by atoms with E-state index in [0.29, 0.717) is 11.2 Å². The predicted octanol–water partition coefficient (Wildman–Crippen LogP) is -0.213. The summed E-state index contributed by atoms with van der Waals surface area (Å²) in [6.45, 7) is 0.768. The maximum absolute atomic E-state index is 11.7. The van der Waals surface area contributed by atoms with Gasteiger partial charge in [-0.1, -0.05) is 11.6 Å². The van der Waals surface area contributed by atoms with Gasteiger partial charge in [-0.3, -0.25) is 9.13 Å². The number of aromatic nitrogens is 3. The standard InChI is InChI=1S/C15H19ClN3O9P/c1-2-26-14(22)15(29(23,24)25)27-5-8-10(20)11(21)13(28-8)19-6-17-7-3-4-9(16)18-12(7)19/h3-4,6,8,10-11,13,15,20-21H,2,5H2,1H3,(H2,23,24,25). The van der Waals surface area contributed by atoms with Gasteiger partial charge in [0.1, 0.15) is 29.0 Å². The Balaban J connectivity index is 1.76. The molecule has 14 heteroatoms. The Labute approximate surface area is 169 Å². The molecule has 4 N–H and O–H groups in total. The topological polar surface area (TPSA) is 173 Å². The number of nitrogens with zero attached hydrogens (tertiary/aromatic N) is 3. The van der Waals surface area contributed by atoms with Crippen LogP contribution in [0.1, 0.15) is 13.2 Å². The van der Waals surface area contributed by atoms with Crippen LogP contribution in [0.15, 0.2) is 18.5 Å². The SMILES string of the molecule is CCOC(=O)C(OCC1OC(n2cnc3ccc(Cl)nc32)C(O)C1O)P(=O)(O)O. The normalized spacial score (nSPS) is 26.0. The number of fused-ring (bicyclic) bond motifs is 1. The van der Waals surface area contributed by atoms with Crippen molar-refractivity contribution in [2.75, 3.05) is 13.2 Å². The van der Waals surface area contributed by atoms with E-state index in [4.69, 9.17) is 21.1 Å². The molecule has 0 amide bonds. The van der Waals surface area contributed by atoms with E-state index >= 15 is 0 Å². The second-order valence-electron chi connectivity index (χ2n) is 6.20. The number of hydrogen-bond acceptors (Lipinski definition) is 9. The smallest absolute Gasteiger partial charge is 0.365 e. The molecule has 5 atom stereocenters. The average molecular weight is 452 g/mol. The quantitative estimate of drug-likeness (QED) is 0.249. The minimum Gasteiger partial charge on any atom is -0.464 e. The summed E-state index contributed by atoms with van der Waals surface area (Å²) < 4.78 is 28.1. The van der Waals surface area contributed by atoms with Crippen LogP contribution in [0.5, 0.6) is 0 Å². The largest absolute Gasteiger partial charge is 0.464 e. The number of esters is 1. The highest BCUT2D eigenvalue weighted by Gasteiger charge is 2.46. The van der Waals surface area contributed by atoms with Gasteiger partial charge in [-0.2, -0.15) is 0 Å². The van der Waals surface area contributed by atoms with Crippen LogP contribution in [-0.2, 0) is 23.6 Å². The van der Waals surface area contributed by atoms with Crippen molar-refractivity contribution in [3.8, 4) is 0 Å². The van der Waals surface area contributed by atoms with Gasteiger partial charge in [0, 0.05) is 0 Å².